The lowest BCUT2D eigenvalue weighted by molar-refractivity contribution is 0.354. The fourth-order valence-corrected chi connectivity index (χ4v) is 4.25. The number of halogens is 1. The minimum absolute atomic E-state index is 0.239. The van der Waals surface area contributed by atoms with Gasteiger partial charge in [-0.05, 0) is 54.3 Å². The van der Waals surface area contributed by atoms with E-state index >= 15 is 0 Å². The predicted molar refractivity (Wildman–Crippen MR) is 131 cm³/mol. The second kappa shape index (κ2) is 9.17. The lowest BCUT2D eigenvalue weighted by Crippen LogP contribution is -2.22. The summed E-state index contributed by atoms with van der Waals surface area (Å²) >= 11 is 0. The zero-order valence-electron chi connectivity index (χ0n) is 19.7. The summed E-state index contributed by atoms with van der Waals surface area (Å²) in [5, 5.41) is 13.3. The number of nitrogens with zero attached hydrogens (tertiary/aromatic N) is 5. The van der Waals surface area contributed by atoms with Crippen molar-refractivity contribution in [3.8, 4) is 22.6 Å². The van der Waals surface area contributed by atoms with E-state index in [0.717, 1.165) is 22.4 Å². The average Bonchev–Trinajstić information content (AvgIpc) is 3.27. The van der Waals surface area contributed by atoms with Gasteiger partial charge >= 0.3 is 0 Å². The first-order valence-corrected chi connectivity index (χ1v) is 11.3. The Balaban J connectivity index is 1.53. The second-order valence-corrected chi connectivity index (χ2v) is 8.11. The van der Waals surface area contributed by atoms with Crippen molar-refractivity contribution < 1.29 is 13.9 Å². The fraction of sp³-hybridized carbons (Fsp3) is 0.231. The van der Waals surface area contributed by atoms with Gasteiger partial charge in [0.1, 0.15) is 11.3 Å². The van der Waals surface area contributed by atoms with E-state index in [0.29, 0.717) is 42.0 Å². The predicted octanol–water partition coefficient (Wildman–Crippen LogP) is 4.07. The zero-order valence-corrected chi connectivity index (χ0v) is 19.7. The monoisotopic (exact) mass is 473 g/mol. The van der Waals surface area contributed by atoms with Gasteiger partial charge in [0.25, 0.3) is 5.56 Å². The van der Waals surface area contributed by atoms with E-state index in [2.05, 4.69) is 10.2 Å². The molecule has 9 heteroatoms. The number of rotatable bonds is 7. The Morgan fingerprint density at radius 1 is 0.971 bits per heavy atom. The molecule has 0 spiro atoms. The first-order valence-electron chi connectivity index (χ1n) is 11.3. The summed E-state index contributed by atoms with van der Waals surface area (Å²) in [5.41, 5.74) is 4.51. The third-order valence-corrected chi connectivity index (χ3v) is 6.08. The Kier molecular flexibility index (Phi) is 5.90. The molecular weight excluding hydrogens is 449 g/mol. The van der Waals surface area contributed by atoms with Crippen LogP contribution in [0.3, 0.4) is 0 Å². The molecule has 0 fully saturated rings. The van der Waals surface area contributed by atoms with Crippen LogP contribution < -0.4 is 15.0 Å². The zero-order chi connectivity index (χ0) is 24.5. The maximum atomic E-state index is 13.5. The molecule has 5 aromatic rings. The molecule has 0 saturated carbocycles. The molecule has 35 heavy (non-hydrogen) atoms. The van der Waals surface area contributed by atoms with Gasteiger partial charge in [0.2, 0.25) is 0 Å². The van der Waals surface area contributed by atoms with Crippen molar-refractivity contribution in [1.82, 2.24) is 24.4 Å². The van der Waals surface area contributed by atoms with Gasteiger partial charge in [-0.15, -0.1) is 10.2 Å². The lowest BCUT2D eigenvalue weighted by Gasteiger charge is -2.11. The Labute approximate surface area is 200 Å². The molecule has 0 N–H and O–H groups in total. The molecular formula is C26H24FN5O3. The number of hydrogen-bond donors (Lipinski definition) is 0. The summed E-state index contributed by atoms with van der Waals surface area (Å²) in [7, 11) is 3.19. The number of ether oxygens (including phenoxy) is 2. The summed E-state index contributed by atoms with van der Waals surface area (Å²) < 4.78 is 27.4. The Hall–Kier alpha value is -4.27. The van der Waals surface area contributed by atoms with Crippen LogP contribution in [0.5, 0.6) is 11.5 Å². The topological polar surface area (TPSA) is 83.5 Å². The van der Waals surface area contributed by atoms with Gasteiger partial charge in [-0.2, -0.15) is 5.10 Å². The molecule has 0 amide bonds. The highest BCUT2D eigenvalue weighted by Gasteiger charge is 2.19. The van der Waals surface area contributed by atoms with E-state index in [1.54, 1.807) is 41.6 Å². The van der Waals surface area contributed by atoms with Crippen molar-refractivity contribution >= 4 is 16.7 Å². The molecule has 0 bridgehead atoms. The minimum Gasteiger partial charge on any atom is -0.493 e. The van der Waals surface area contributed by atoms with Crippen LogP contribution in [-0.2, 0) is 19.4 Å². The molecule has 2 aromatic carbocycles. The lowest BCUT2D eigenvalue weighted by atomic mass is 10.0. The number of hydrogen-bond acceptors (Lipinski definition) is 6. The van der Waals surface area contributed by atoms with E-state index in [-0.39, 0.29) is 16.9 Å². The summed E-state index contributed by atoms with van der Waals surface area (Å²) in [6.45, 7) is 2.45. The minimum atomic E-state index is -0.312. The molecule has 3 aromatic heterocycles. The van der Waals surface area contributed by atoms with Gasteiger partial charge in [0, 0.05) is 12.7 Å². The highest BCUT2D eigenvalue weighted by atomic mass is 19.1. The van der Waals surface area contributed by atoms with Gasteiger partial charge in [-0.3, -0.25) is 4.79 Å². The van der Waals surface area contributed by atoms with E-state index in [4.69, 9.17) is 14.6 Å². The highest BCUT2D eigenvalue weighted by Crippen LogP contribution is 2.29. The van der Waals surface area contributed by atoms with E-state index in [9.17, 15) is 9.18 Å². The number of aromatic nitrogens is 5. The normalized spacial score (nSPS) is 11.3. The van der Waals surface area contributed by atoms with Crippen molar-refractivity contribution in [2.24, 2.45) is 0 Å². The van der Waals surface area contributed by atoms with Crippen LogP contribution in [0.15, 0.2) is 59.5 Å². The average molecular weight is 474 g/mol. The number of pyridine rings is 1. The van der Waals surface area contributed by atoms with E-state index < -0.39 is 0 Å². The standard InChI is InChI=1S/C26H24FN5O3/c1-4-19-23(17-6-8-18(27)9-7-17)25-29-28-24-20(32(25)30-19)12-14-31(26(24)33)13-11-16-5-10-21(34-2)22(15-16)35-3/h5-10,12,14-15H,4,11,13H2,1-3H3. The molecule has 3 heterocycles. The van der Waals surface area contributed by atoms with Crippen LogP contribution in [-0.4, -0.2) is 38.6 Å². The van der Waals surface area contributed by atoms with Crippen LogP contribution in [0.2, 0.25) is 0 Å². The molecule has 5 rings (SSSR count). The van der Waals surface area contributed by atoms with Crippen molar-refractivity contribution in [3.05, 3.63) is 82.2 Å². The largest absolute Gasteiger partial charge is 0.493 e. The maximum Gasteiger partial charge on any atom is 0.280 e. The van der Waals surface area contributed by atoms with Crippen molar-refractivity contribution in [3.63, 3.8) is 0 Å². The fourth-order valence-electron chi connectivity index (χ4n) is 4.25. The van der Waals surface area contributed by atoms with Crippen LogP contribution in [0, 0.1) is 5.82 Å². The molecule has 8 nitrogen and oxygen atoms in total. The Bertz CT molecular complexity index is 1590. The number of aryl methyl sites for hydroxylation is 3. The van der Waals surface area contributed by atoms with Gasteiger partial charge < -0.3 is 14.0 Å². The van der Waals surface area contributed by atoms with Gasteiger partial charge in [0.15, 0.2) is 22.7 Å². The van der Waals surface area contributed by atoms with Crippen molar-refractivity contribution in [2.45, 2.75) is 26.3 Å². The first kappa shape index (κ1) is 22.5. The van der Waals surface area contributed by atoms with Gasteiger partial charge in [0.05, 0.1) is 25.5 Å². The molecule has 0 radical (unpaired) electrons. The van der Waals surface area contributed by atoms with E-state index in [1.165, 1.54) is 12.1 Å². The number of fused-ring (bicyclic) bond motifs is 3. The number of methoxy groups -OCH3 is 2. The molecule has 0 aliphatic rings. The molecule has 0 unspecified atom stereocenters. The molecule has 0 atom stereocenters. The molecule has 0 aliphatic carbocycles. The van der Waals surface area contributed by atoms with Crippen LogP contribution in [0.25, 0.3) is 27.8 Å². The highest BCUT2D eigenvalue weighted by molar-refractivity contribution is 5.84. The Morgan fingerprint density at radius 2 is 1.74 bits per heavy atom. The first-order chi connectivity index (χ1) is 17.0. The summed E-state index contributed by atoms with van der Waals surface area (Å²) in [6.07, 6.45) is 3.02. The molecule has 0 aliphatic heterocycles. The SMILES string of the molecule is CCc1nn2c(nnc3c(=O)n(CCc4ccc(OC)c(OC)c4)ccc32)c1-c1ccc(F)cc1. The van der Waals surface area contributed by atoms with Gasteiger partial charge in [-0.1, -0.05) is 25.1 Å². The third kappa shape index (κ3) is 3.99. The van der Waals surface area contributed by atoms with Crippen LogP contribution in [0.1, 0.15) is 18.2 Å². The summed E-state index contributed by atoms with van der Waals surface area (Å²) in [4.78, 5) is 13.2. The molecule has 178 valence electrons. The number of benzene rings is 2. The van der Waals surface area contributed by atoms with Crippen LogP contribution in [0.4, 0.5) is 4.39 Å². The van der Waals surface area contributed by atoms with Crippen molar-refractivity contribution in [2.75, 3.05) is 14.2 Å². The maximum absolute atomic E-state index is 13.5. The summed E-state index contributed by atoms with van der Waals surface area (Å²) in [6, 6.07) is 13.7. The van der Waals surface area contributed by atoms with Crippen LogP contribution >= 0.6 is 0 Å². The Morgan fingerprint density at radius 3 is 2.46 bits per heavy atom. The molecule has 0 saturated heterocycles. The third-order valence-electron chi connectivity index (χ3n) is 6.08. The summed E-state index contributed by atoms with van der Waals surface area (Å²) in [5.74, 6) is 0.990. The second-order valence-electron chi connectivity index (χ2n) is 8.11. The quantitative estimate of drug-likeness (QED) is 0.354. The van der Waals surface area contributed by atoms with Crippen molar-refractivity contribution in [1.29, 1.82) is 0 Å². The smallest absolute Gasteiger partial charge is 0.280 e. The van der Waals surface area contributed by atoms with E-state index in [1.807, 2.05) is 31.2 Å². The van der Waals surface area contributed by atoms with Gasteiger partial charge in [-0.25, -0.2) is 8.91 Å².